The summed E-state index contributed by atoms with van der Waals surface area (Å²) < 4.78 is 17.2. The van der Waals surface area contributed by atoms with Crippen molar-refractivity contribution >= 4 is 11.6 Å². The molecule has 4 rings (SSSR count). The van der Waals surface area contributed by atoms with Gasteiger partial charge in [-0.05, 0) is 62.9 Å². The first-order valence-corrected chi connectivity index (χ1v) is 10.1. The Morgan fingerprint density at radius 1 is 1.18 bits per heavy atom. The summed E-state index contributed by atoms with van der Waals surface area (Å²) >= 11 is 0. The van der Waals surface area contributed by atoms with Crippen LogP contribution in [0.5, 0.6) is 5.75 Å². The molecular formula is C22H28N2O4. The predicted octanol–water partition coefficient (Wildman–Crippen LogP) is 3.99. The SMILES string of the molecule is Cc1oc(CN2CCOCC2)cc1C(=O)Nc1ccc(OC2CCCC2)cc1. The number of morpholine rings is 1. The summed E-state index contributed by atoms with van der Waals surface area (Å²) in [7, 11) is 0. The molecule has 1 aliphatic heterocycles. The number of amides is 1. The van der Waals surface area contributed by atoms with E-state index in [2.05, 4.69) is 10.2 Å². The number of rotatable bonds is 6. The van der Waals surface area contributed by atoms with Crippen molar-refractivity contribution in [3.05, 3.63) is 47.4 Å². The number of hydrogen-bond donors (Lipinski definition) is 1. The fourth-order valence-electron chi connectivity index (χ4n) is 3.84. The quantitative estimate of drug-likeness (QED) is 0.816. The number of nitrogens with zero attached hydrogens (tertiary/aromatic N) is 1. The second-order valence-electron chi connectivity index (χ2n) is 7.57. The van der Waals surface area contributed by atoms with E-state index >= 15 is 0 Å². The fourth-order valence-corrected chi connectivity index (χ4v) is 3.84. The van der Waals surface area contributed by atoms with E-state index < -0.39 is 0 Å². The third-order valence-electron chi connectivity index (χ3n) is 5.41. The Morgan fingerprint density at radius 3 is 2.61 bits per heavy atom. The van der Waals surface area contributed by atoms with E-state index in [0.717, 1.165) is 56.3 Å². The summed E-state index contributed by atoms with van der Waals surface area (Å²) in [6, 6.07) is 9.44. The van der Waals surface area contributed by atoms with Crippen LogP contribution in [0.4, 0.5) is 5.69 Å². The van der Waals surface area contributed by atoms with Gasteiger partial charge in [0.25, 0.3) is 5.91 Å². The van der Waals surface area contributed by atoms with Crippen molar-refractivity contribution in [2.45, 2.75) is 45.3 Å². The number of carbonyl (C=O) groups excluding carboxylic acids is 1. The van der Waals surface area contributed by atoms with E-state index in [1.807, 2.05) is 37.3 Å². The topological polar surface area (TPSA) is 63.9 Å². The zero-order valence-corrected chi connectivity index (χ0v) is 16.4. The standard InChI is InChI=1S/C22H28N2O4/c1-16-21(14-20(27-16)15-24-10-12-26-13-11-24)22(25)23-17-6-8-19(9-7-17)28-18-4-2-3-5-18/h6-9,14,18H,2-5,10-13,15H2,1H3,(H,23,25). The molecule has 2 aromatic rings. The Kier molecular flexibility index (Phi) is 5.98. The molecule has 0 unspecified atom stereocenters. The van der Waals surface area contributed by atoms with Crippen LogP contribution < -0.4 is 10.1 Å². The molecule has 0 atom stereocenters. The lowest BCUT2D eigenvalue weighted by atomic mass is 10.2. The maximum absolute atomic E-state index is 12.7. The van der Waals surface area contributed by atoms with Gasteiger partial charge >= 0.3 is 0 Å². The molecule has 1 amide bonds. The Bertz CT molecular complexity index is 787. The highest BCUT2D eigenvalue weighted by Crippen LogP contribution is 2.25. The van der Waals surface area contributed by atoms with E-state index in [1.54, 1.807) is 0 Å². The average Bonchev–Trinajstić information content (AvgIpc) is 3.34. The van der Waals surface area contributed by atoms with Crippen molar-refractivity contribution in [3.63, 3.8) is 0 Å². The van der Waals surface area contributed by atoms with Gasteiger partial charge in [-0.25, -0.2) is 0 Å². The first-order valence-electron chi connectivity index (χ1n) is 10.1. The van der Waals surface area contributed by atoms with E-state index in [1.165, 1.54) is 12.8 Å². The summed E-state index contributed by atoms with van der Waals surface area (Å²) in [4.78, 5) is 14.9. The van der Waals surface area contributed by atoms with Gasteiger partial charge in [-0.1, -0.05) is 0 Å². The zero-order chi connectivity index (χ0) is 19.3. The fraction of sp³-hybridized carbons (Fsp3) is 0.500. The van der Waals surface area contributed by atoms with Gasteiger partial charge < -0.3 is 19.2 Å². The molecule has 1 N–H and O–H groups in total. The number of anilines is 1. The minimum Gasteiger partial charge on any atom is -0.490 e. The highest BCUT2D eigenvalue weighted by atomic mass is 16.5. The molecule has 1 aliphatic carbocycles. The number of hydrogen-bond acceptors (Lipinski definition) is 5. The molecule has 1 saturated carbocycles. The minimum atomic E-state index is -0.154. The lowest BCUT2D eigenvalue weighted by molar-refractivity contribution is 0.0312. The van der Waals surface area contributed by atoms with Crippen molar-refractivity contribution in [1.82, 2.24) is 4.90 Å². The number of ether oxygens (including phenoxy) is 2. The van der Waals surface area contributed by atoms with Crippen molar-refractivity contribution in [2.75, 3.05) is 31.6 Å². The number of furan rings is 1. The van der Waals surface area contributed by atoms with Gasteiger partial charge in [0.15, 0.2) is 0 Å². The van der Waals surface area contributed by atoms with E-state index in [4.69, 9.17) is 13.9 Å². The van der Waals surface area contributed by atoms with Gasteiger partial charge in [-0.3, -0.25) is 9.69 Å². The molecule has 1 aromatic carbocycles. The third-order valence-corrected chi connectivity index (χ3v) is 5.41. The average molecular weight is 384 g/mol. The van der Waals surface area contributed by atoms with Crippen molar-refractivity contribution in [2.24, 2.45) is 0 Å². The predicted molar refractivity (Wildman–Crippen MR) is 107 cm³/mol. The van der Waals surface area contributed by atoms with Gasteiger partial charge in [-0.15, -0.1) is 0 Å². The van der Waals surface area contributed by atoms with E-state index in [-0.39, 0.29) is 5.91 Å². The number of carbonyl (C=O) groups is 1. The largest absolute Gasteiger partial charge is 0.490 e. The summed E-state index contributed by atoms with van der Waals surface area (Å²) in [6.07, 6.45) is 5.09. The number of nitrogens with one attached hydrogen (secondary N) is 1. The highest BCUT2D eigenvalue weighted by Gasteiger charge is 2.19. The Hall–Kier alpha value is -2.31. The highest BCUT2D eigenvalue weighted by molar-refractivity contribution is 6.05. The summed E-state index contributed by atoms with van der Waals surface area (Å²) in [5, 5.41) is 2.95. The summed E-state index contributed by atoms with van der Waals surface area (Å²) in [5.41, 5.74) is 1.33. The van der Waals surface area contributed by atoms with Gasteiger partial charge in [-0.2, -0.15) is 0 Å². The molecule has 28 heavy (non-hydrogen) atoms. The molecule has 0 spiro atoms. The van der Waals surface area contributed by atoms with Crippen molar-refractivity contribution in [3.8, 4) is 5.75 Å². The number of aryl methyl sites for hydroxylation is 1. The van der Waals surface area contributed by atoms with Crippen LogP contribution in [0.1, 0.15) is 47.6 Å². The second kappa shape index (κ2) is 8.80. The monoisotopic (exact) mass is 384 g/mol. The van der Waals surface area contributed by atoms with Crippen LogP contribution >= 0.6 is 0 Å². The van der Waals surface area contributed by atoms with Crippen LogP contribution in [-0.2, 0) is 11.3 Å². The maximum Gasteiger partial charge on any atom is 0.259 e. The van der Waals surface area contributed by atoms with Crippen LogP contribution in [-0.4, -0.2) is 43.2 Å². The van der Waals surface area contributed by atoms with Crippen molar-refractivity contribution in [1.29, 1.82) is 0 Å². The van der Waals surface area contributed by atoms with Crippen LogP contribution in [0.3, 0.4) is 0 Å². The van der Waals surface area contributed by atoms with E-state index in [0.29, 0.717) is 24.0 Å². The lowest BCUT2D eigenvalue weighted by Gasteiger charge is -2.25. The van der Waals surface area contributed by atoms with Crippen molar-refractivity contribution < 1.29 is 18.7 Å². The van der Waals surface area contributed by atoms with Crippen LogP contribution in [0.2, 0.25) is 0 Å². The normalized spacial score (nSPS) is 18.3. The Balaban J connectivity index is 1.35. The van der Waals surface area contributed by atoms with E-state index in [9.17, 15) is 4.79 Å². The first-order chi connectivity index (χ1) is 13.7. The van der Waals surface area contributed by atoms with Gasteiger partial charge in [0.1, 0.15) is 17.3 Å². The molecule has 1 saturated heterocycles. The molecule has 150 valence electrons. The smallest absolute Gasteiger partial charge is 0.259 e. The second-order valence-corrected chi connectivity index (χ2v) is 7.57. The first kappa shape index (κ1) is 19.0. The van der Waals surface area contributed by atoms with Crippen LogP contribution in [0, 0.1) is 6.92 Å². The van der Waals surface area contributed by atoms with Crippen LogP contribution in [0.15, 0.2) is 34.7 Å². The van der Waals surface area contributed by atoms with Crippen LogP contribution in [0.25, 0.3) is 0 Å². The molecule has 2 aliphatic rings. The summed E-state index contributed by atoms with van der Waals surface area (Å²) in [5.74, 6) is 2.16. The molecular weight excluding hydrogens is 356 g/mol. The molecule has 1 aromatic heterocycles. The Labute approximate surface area is 165 Å². The molecule has 0 radical (unpaired) electrons. The van der Waals surface area contributed by atoms with Gasteiger partial charge in [0.05, 0.1) is 31.4 Å². The molecule has 6 nitrogen and oxygen atoms in total. The molecule has 2 heterocycles. The van der Waals surface area contributed by atoms with Gasteiger partial charge in [0.2, 0.25) is 0 Å². The molecule has 6 heteroatoms. The zero-order valence-electron chi connectivity index (χ0n) is 16.4. The number of benzene rings is 1. The maximum atomic E-state index is 12.7. The Morgan fingerprint density at radius 2 is 1.89 bits per heavy atom. The summed E-state index contributed by atoms with van der Waals surface area (Å²) in [6.45, 7) is 5.79. The molecule has 0 bridgehead atoms. The van der Waals surface area contributed by atoms with Gasteiger partial charge in [0, 0.05) is 18.8 Å². The lowest BCUT2D eigenvalue weighted by Crippen LogP contribution is -2.35. The molecule has 2 fully saturated rings. The third kappa shape index (κ3) is 4.75. The minimum absolute atomic E-state index is 0.154.